The van der Waals surface area contributed by atoms with Crippen molar-refractivity contribution in [2.75, 3.05) is 11.9 Å². The Labute approximate surface area is 120 Å². The minimum absolute atomic E-state index is 0.103. The fraction of sp³-hybridized carbons (Fsp3) is 0.250. The lowest BCUT2D eigenvalue weighted by Crippen LogP contribution is -2.20. The molecule has 1 heterocycles. The summed E-state index contributed by atoms with van der Waals surface area (Å²) in [6, 6.07) is 10.5. The number of halogens is 3. The average molecular weight is 293 g/mol. The number of aromatic hydroxyl groups is 1. The van der Waals surface area contributed by atoms with Crippen LogP contribution in [0.4, 0.5) is 18.9 Å². The van der Waals surface area contributed by atoms with Crippen molar-refractivity contribution in [3.8, 4) is 5.75 Å². The molecule has 1 aliphatic rings. The quantitative estimate of drug-likeness (QED) is 0.819. The SMILES string of the molecule is Oc1ccc2c(c1)NCCC2c1ccccc1C(F)(F)F. The van der Waals surface area contributed by atoms with E-state index in [1.165, 1.54) is 18.2 Å². The van der Waals surface area contributed by atoms with Crippen LogP contribution < -0.4 is 5.32 Å². The smallest absolute Gasteiger partial charge is 0.416 e. The van der Waals surface area contributed by atoms with Gasteiger partial charge in [0.15, 0.2) is 0 Å². The molecule has 0 bridgehead atoms. The van der Waals surface area contributed by atoms with Crippen LogP contribution in [0.5, 0.6) is 5.75 Å². The molecule has 1 unspecified atom stereocenters. The molecule has 1 aliphatic heterocycles. The summed E-state index contributed by atoms with van der Waals surface area (Å²) in [5.41, 5.74) is 1.19. The normalized spacial score (nSPS) is 18.0. The largest absolute Gasteiger partial charge is 0.508 e. The standard InChI is InChI=1S/C16H14F3NO/c17-16(18,19)14-4-2-1-3-12(14)11-7-8-20-15-9-10(21)5-6-13(11)15/h1-6,9,11,20-21H,7-8H2. The number of hydrogen-bond acceptors (Lipinski definition) is 2. The van der Waals surface area contributed by atoms with Crippen LogP contribution in [-0.2, 0) is 6.18 Å². The van der Waals surface area contributed by atoms with E-state index in [4.69, 9.17) is 0 Å². The molecule has 0 amide bonds. The molecule has 2 nitrogen and oxygen atoms in total. The highest BCUT2D eigenvalue weighted by molar-refractivity contribution is 5.60. The number of rotatable bonds is 1. The second kappa shape index (κ2) is 4.98. The maximum Gasteiger partial charge on any atom is 0.416 e. The van der Waals surface area contributed by atoms with Gasteiger partial charge in [0.25, 0.3) is 0 Å². The summed E-state index contributed by atoms with van der Waals surface area (Å²) in [7, 11) is 0. The lowest BCUT2D eigenvalue weighted by Gasteiger charge is -2.29. The second-order valence-electron chi connectivity index (χ2n) is 5.12. The first-order valence-corrected chi connectivity index (χ1v) is 6.70. The van der Waals surface area contributed by atoms with Crippen molar-refractivity contribution < 1.29 is 18.3 Å². The molecule has 0 spiro atoms. The van der Waals surface area contributed by atoms with Gasteiger partial charge in [-0.2, -0.15) is 13.2 Å². The zero-order chi connectivity index (χ0) is 15.0. The summed E-state index contributed by atoms with van der Waals surface area (Å²) in [5, 5.41) is 12.6. The van der Waals surface area contributed by atoms with Gasteiger partial charge in [-0.1, -0.05) is 24.3 Å². The summed E-state index contributed by atoms with van der Waals surface area (Å²) in [6.45, 7) is 0.577. The molecule has 3 rings (SSSR count). The average Bonchev–Trinajstić information content (AvgIpc) is 2.45. The van der Waals surface area contributed by atoms with Gasteiger partial charge in [-0.05, 0) is 29.7 Å². The van der Waals surface area contributed by atoms with E-state index < -0.39 is 11.7 Å². The van der Waals surface area contributed by atoms with Crippen LogP contribution >= 0.6 is 0 Å². The minimum Gasteiger partial charge on any atom is -0.508 e. The van der Waals surface area contributed by atoms with E-state index >= 15 is 0 Å². The lowest BCUT2D eigenvalue weighted by atomic mass is 9.82. The molecule has 21 heavy (non-hydrogen) atoms. The number of alkyl halides is 3. The predicted octanol–water partition coefficient (Wildman–Crippen LogP) is 4.36. The number of benzene rings is 2. The number of fused-ring (bicyclic) bond motifs is 1. The van der Waals surface area contributed by atoms with Crippen LogP contribution in [-0.4, -0.2) is 11.7 Å². The van der Waals surface area contributed by atoms with E-state index in [2.05, 4.69) is 5.32 Å². The summed E-state index contributed by atoms with van der Waals surface area (Å²) >= 11 is 0. The summed E-state index contributed by atoms with van der Waals surface area (Å²) in [5.74, 6) is -0.217. The Kier molecular flexibility index (Phi) is 3.27. The molecule has 0 radical (unpaired) electrons. The summed E-state index contributed by atoms with van der Waals surface area (Å²) < 4.78 is 39.6. The first kappa shape index (κ1) is 13.8. The number of hydrogen-bond donors (Lipinski definition) is 2. The number of anilines is 1. The number of phenols is 1. The topological polar surface area (TPSA) is 32.3 Å². The summed E-state index contributed by atoms with van der Waals surface area (Å²) in [6.07, 6.45) is -3.77. The first-order chi connectivity index (χ1) is 9.97. The molecular weight excluding hydrogens is 279 g/mol. The Morgan fingerprint density at radius 3 is 2.57 bits per heavy atom. The molecule has 0 fully saturated rings. The monoisotopic (exact) mass is 293 g/mol. The third-order valence-corrected chi connectivity index (χ3v) is 3.80. The highest BCUT2D eigenvalue weighted by atomic mass is 19.4. The molecule has 0 saturated heterocycles. The van der Waals surface area contributed by atoms with Gasteiger partial charge in [-0.25, -0.2) is 0 Å². The van der Waals surface area contributed by atoms with Crippen LogP contribution in [0.15, 0.2) is 42.5 Å². The molecule has 0 aliphatic carbocycles. The minimum atomic E-state index is -4.36. The fourth-order valence-corrected chi connectivity index (χ4v) is 2.89. The van der Waals surface area contributed by atoms with E-state index in [1.54, 1.807) is 18.2 Å². The van der Waals surface area contributed by atoms with Crippen molar-refractivity contribution in [3.63, 3.8) is 0 Å². The zero-order valence-electron chi connectivity index (χ0n) is 11.1. The van der Waals surface area contributed by atoms with Crippen molar-refractivity contribution in [2.45, 2.75) is 18.5 Å². The number of phenolic OH excluding ortho intramolecular Hbond substituents is 1. The highest BCUT2D eigenvalue weighted by Gasteiger charge is 2.36. The van der Waals surface area contributed by atoms with Crippen molar-refractivity contribution in [1.29, 1.82) is 0 Å². The first-order valence-electron chi connectivity index (χ1n) is 6.70. The van der Waals surface area contributed by atoms with Gasteiger partial charge in [-0.15, -0.1) is 0 Å². The molecule has 0 aromatic heterocycles. The summed E-state index contributed by atoms with van der Waals surface area (Å²) in [4.78, 5) is 0. The van der Waals surface area contributed by atoms with Gasteiger partial charge in [0.2, 0.25) is 0 Å². The van der Waals surface area contributed by atoms with Crippen LogP contribution in [0.25, 0.3) is 0 Å². The van der Waals surface area contributed by atoms with Crippen molar-refractivity contribution >= 4 is 5.69 Å². The predicted molar refractivity (Wildman–Crippen MR) is 74.5 cm³/mol. The van der Waals surface area contributed by atoms with E-state index in [9.17, 15) is 18.3 Å². The molecule has 2 aromatic carbocycles. The fourth-order valence-electron chi connectivity index (χ4n) is 2.89. The van der Waals surface area contributed by atoms with Crippen LogP contribution in [0.2, 0.25) is 0 Å². The van der Waals surface area contributed by atoms with Gasteiger partial charge < -0.3 is 10.4 Å². The molecule has 0 saturated carbocycles. The van der Waals surface area contributed by atoms with Crippen molar-refractivity contribution in [2.24, 2.45) is 0 Å². The molecule has 1 atom stereocenters. The highest BCUT2D eigenvalue weighted by Crippen LogP contribution is 2.43. The van der Waals surface area contributed by atoms with E-state index in [1.807, 2.05) is 0 Å². The van der Waals surface area contributed by atoms with Crippen molar-refractivity contribution in [3.05, 3.63) is 59.2 Å². The van der Waals surface area contributed by atoms with E-state index in [0.29, 0.717) is 24.2 Å². The Balaban J connectivity index is 2.12. The zero-order valence-corrected chi connectivity index (χ0v) is 11.1. The van der Waals surface area contributed by atoms with Gasteiger partial charge in [0.1, 0.15) is 5.75 Å². The maximum atomic E-state index is 13.2. The van der Waals surface area contributed by atoms with Gasteiger partial charge in [0, 0.05) is 24.2 Å². The van der Waals surface area contributed by atoms with Crippen LogP contribution in [0.3, 0.4) is 0 Å². The third kappa shape index (κ3) is 2.55. The Bertz CT molecular complexity index is 667. The molecule has 2 aromatic rings. The Morgan fingerprint density at radius 2 is 1.81 bits per heavy atom. The van der Waals surface area contributed by atoms with Crippen LogP contribution in [0, 0.1) is 0 Å². The third-order valence-electron chi connectivity index (χ3n) is 3.80. The lowest BCUT2D eigenvalue weighted by molar-refractivity contribution is -0.138. The van der Waals surface area contributed by atoms with Gasteiger partial charge in [0.05, 0.1) is 5.56 Å². The van der Waals surface area contributed by atoms with Gasteiger partial charge in [-0.3, -0.25) is 0 Å². The van der Waals surface area contributed by atoms with Crippen molar-refractivity contribution in [1.82, 2.24) is 0 Å². The van der Waals surface area contributed by atoms with E-state index in [0.717, 1.165) is 11.6 Å². The van der Waals surface area contributed by atoms with Crippen LogP contribution in [0.1, 0.15) is 29.0 Å². The van der Waals surface area contributed by atoms with Gasteiger partial charge >= 0.3 is 6.18 Å². The maximum absolute atomic E-state index is 13.2. The Hall–Kier alpha value is -2.17. The molecular formula is C16H14F3NO. The molecule has 5 heteroatoms. The Morgan fingerprint density at radius 1 is 1.05 bits per heavy atom. The number of nitrogens with one attached hydrogen (secondary N) is 1. The second-order valence-corrected chi connectivity index (χ2v) is 5.12. The van der Waals surface area contributed by atoms with E-state index in [-0.39, 0.29) is 11.7 Å². The molecule has 110 valence electrons. The molecule has 2 N–H and O–H groups in total.